The molecule has 1 aromatic heterocycles. The Bertz CT molecular complexity index is 439. The molecule has 21 heavy (non-hydrogen) atoms. The normalized spacial score (nSPS) is 20.0. The molecule has 2 unspecified atom stereocenters. The van der Waals surface area contributed by atoms with Gasteiger partial charge in [-0.3, -0.25) is 0 Å². The fourth-order valence-electron chi connectivity index (χ4n) is 2.56. The number of rotatable bonds is 7. The van der Waals surface area contributed by atoms with E-state index in [9.17, 15) is 0 Å². The van der Waals surface area contributed by atoms with E-state index in [1.807, 2.05) is 11.8 Å². The van der Waals surface area contributed by atoms with Crippen molar-refractivity contribution in [1.82, 2.24) is 15.3 Å². The Hall–Kier alpha value is -1.01. The molecule has 5 nitrogen and oxygen atoms in total. The largest absolute Gasteiger partial charge is 0.480 e. The molecule has 0 aliphatic carbocycles. The smallest absolute Gasteiger partial charge is 0.240 e. The van der Waals surface area contributed by atoms with E-state index in [-0.39, 0.29) is 6.04 Å². The molecule has 0 saturated carbocycles. The number of aromatic nitrogens is 2. The van der Waals surface area contributed by atoms with Gasteiger partial charge in [-0.25, -0.2) is 4.98 Å². The summed E-state index contributed by atoms with van der Waals surface area (Å²) in [6.07, 6.45) is 6.58. The molecule has 2 atom stereocenters. The fourth-order valence-corrected chi connectivity index (χ4v) is 3.99. The third-order valence-corrected chi connectivity index (χ3v) is 5.10. The summed E-state index contributed by atoms with van der Waals surface area (Å²) in [5.74, 6) is 2.27. The number of ether oxygens (including phenoxy) is 2. The van der Waals surface area contributed by atoms with Crippen LogP contribution < -0.4 is 14.8 Å². The second-order valence-electron chi connectivity index (χ2n) is 5.14. The summed E-state index contributed by atoms with van der Waals surface area (Å²) in [6.45, 7) is 3.15. The van der Waals surface area contributed by atoms with Crippen molar-refractivity contribution in [2.24, 2.45) is 0 Å². The fraction of sp³-hybridized carbons (Fsp3) is 0.733. The Morgan fingerprint density at radius 3 is 2.86 bits per heavy atom. The molecule has 1 saturated heterocycles. The van der Waals surface area contributed by atoms with Gasteiger partial charge in [0.25, 0.3) is 0 Å². The van der Waals surface area contributed by atoms with Crippen LogP contribution in [0.4, 0.5) is 0 Å². The van der Waals surface area contributed by atoms with E-state index in [1.165, 1.54) is 25.0 Å². The van der Waals surface area contributed by atoms with Gasteiger partial charge in [0.1, 0.15) is 5.69 Å². The molecule has 6 heteroatoms. The first kappa shape index (κ1) is 16.4. The van der Waals surface area contributed by atoms with Crippen LogP contribution in [-0.4, -0.2) is 41.7 Å². The van der Waals surface area contributed by atoms with Gasteiger partial charge in [0.2, 0.25) is 11.8 Å². The maximum atomic E-state index is 5.44. The van der Waals surface area contributed by atoms with Crippen molar-refractivity contribution in [3.05, 3.63) is 11.9 Å². The molecule has 1 N–H and O–H groups in total. The molecule has 0 aromatic carbocycles. The lowest BCUT2D eigenvalue weighted by atomic mass is 10.0. The van der Waals surface area contributed by atoms with Crippen LogP contribution >= 0.6 is 11.8 Å². The van der Waals surface area contributed by atoms with Gasteiger partial charge >= 0.3 is 0 Å². The predicted molar refractivity (Wildman–Crippen MR) is 86.3 cm³/mol. The lowest BCUT2D eigenvalue weighted by Crippen LogP contribution is -2.33. The van der Waals surface area contributed by atoms with E-state index in [0.717, 1.165) is 18.7 Å². The number of thioether (sulfide) groups is 1. The van der Waals surface area contributed by atoms with Gasteiger partial charge in [0.15, 0.2) is 0 Å². The van der Waals surface area contributed by atoms with Gasteiger partial charge in [0.05, 0.1) is 26.5 Å². The van der Waals surface area contributed by atoms with Crippen molar-refractivity contribution >= 4 is 11.8 Å². The van der Waals surface area contributed by atoms with Crippen molar-refractivity contribution in [2.75, 3.05) is 26.5 Å². The molecular formula is C15H25N3O2S. The molecule has 118 valence electrons. The van der Waals surface area contributed by atoms with Gasteiger partial charge < -0.3 is 14.8 Å². The van der Waals surface area contributed by atoms with Crippen molar-refractivity contribution in [3.63, 3.8) is 0 Å². The number of nitrogens with one attached hydrogen (secondary N) is 1. The quantitative estimate of drug-likeness (QED) is 0.835. The third kappa shape index (κ3) is 4.23. The topological polar surface area (TPSA) is 56.3 Å². The SMILES string of the molecule is CCCNC(c1ncc(OC)nc1OC)C1CCCCS1. The molecular weight excluding hydrogens is 286 g/mol. The lowest BCUT2D eigenvalue weighted by Gasteiger charge is -2.30. The molecule has 1 aliphatic rings. The van der Waals surface area contributed by atoms with Gasteiger partial charge in [-0.15, -0.1) is 0 Å². The van der Waals surface area contributed by atoms with E-state index in [1.54, 1.807) is 20.4 Å². The van der Waals surface area contributed by atoms with Crippen LogP contribution in [0.25, 0.3) is 0 Å². The number of nitrogens with zero attached hydrogens (tertiary/aromatic N) is 2. The number of hydrogen-bond donors (Lipinski definition) is 1. The molecule has 1 fully saturated rings. The standard InChI is InChI=1S/C15H25N3O2S/c1-4-8-16-13(11-7-5-6-9-21-11)14-15(20-3)18-12(19-2)10-17-14/h10-11,13,16H,4-9H2,1-3H3. The zero-order chi connectivity index (χ0) is 15.1. The molecule has 0 spiro atoms. The van der Waals surface area contributed by atoms with Crippen molar-refractivity contribution in [1.29, 1.82) is 0 Å². The highest BCUT2D eigenvalue weighted by atomic mass is 32.2. The summed E-state index contributed by atoms with van der Waals surface area (Å²) < 4.78 is 10.6. The van der Waals surface area contributed by atoms with Crippen LogP contribution in [0.15, 0.2) is 6.20 Å². The molecule has 2 heterocycles. The van der Waals surface area contributed by atoms with E-state index >= 15 is 0 Å². The molecule has 1 aliphatic heterocycles. The maximum absolute atomic E-state index is 5.44. The lowest BCUT2D eigenvalue weighted by molar-refractivity contribution is 0.346. The van der Waals surface area contributed by atoms with E-state index < -0.39 is 0 Å². The Morgan fingerprint density at radius 1 is 1.38 bits per heavy atom. The van der Waals surface area contributed by atoms with E-state index in [2.05, 4.69) is 22.2 Å². The number of methoxy groups -OCH3 is 2. The van der Waals surface area contributed by atoms with E-state index in [4.69, 9.17) is 9.47 Å². The van der Waals surface area contributed by atoms with Crippen molar-refractivity contribution in [2.45, 2.75) is 43.9 Å². The Morgan fingerprint density at radius 2 is 2.24 bits per heavy atom. The van der Waals surface area contributed by atoms with Crippen LogP contribution in [0.2, 0.25) is 0 Å². The first-order valence-corrected chi connectivity index (χ1v) is 8.65. The summed E-state index contributed by atoms with van der Waals surface area (Å²) in [6, 6.07) is 0.184. The van der Waals surface area contributed by atoms with Crippen molar-refractivity contribution in [3.8, 4) is 11.8 Å². The first-order valence-electron chi connectivity index (χ1n) is 7.60. The molecule has 1 aromatic rings. The summed E-state index contributed by atoms with van der Waals surface area (Å²) in [5.41, 5.74) is 0.895. The highest BCUT2D eigenvalue weighted by Crippen LogP contribution is 2.37. The second-order valence-corrected chi connectivity index (χ2v) is 6.49. The van der Waals surface area contributed by atoms with Crippen LogP contribution in [0.3, 0.4) is 0 Å². The molecule has 0 radical (unpaired) electrons. The van der Waals surface area contributed by atoms with Gasteiger partial charge in [-0.1, -0.05) is 13.3 Å². The minimum absolute atomic E-state index is 0.184. The van der Waals surface area contributed by atoms with Crippen LogP contribution in [0.5, 0.6) is 11.8 Å². The zero-order valence-corrected chi connectivity index (χ0v) is 13.9. The number of hydrogen-bond acceptors (Lipinski definition) is 6. The maximum Gasteiger partial charge on any atom is 0.240 e. The third-order valence-electron chi connectivity index (χ3n) is 3.64. The summed E-state index contributed by atoms with van der Waals surface area (Å²) in [4.78, 5) is 8.94. The minimum Gasteiger partial charge on any atom is -0.480 e. The zero-order valence-electron chi connectivity index (χ0n) is 13.1. The monoisotopic (exact) mass is 311 g/mol. The summed E-state index contributed by atoms with van der Waals surface area (Å²) >= 11 is 2.03. The molecule has 0 bridgehead atoms. The highest BCUT2D eigenvalue weighted by Gasteiger charge is 2.29. The second kappa shape index (κ2) is 8.44. The van der Waals surface area contributed by atoms with Crippen LogP contribution in [0, 0.1) is 0 Å². The predicted octanol–water partition coefficient (Wildman–Crippen LogP) is 2.82. The van der Waals surface area contributed by atoms with Crippen LogP contribution in [0.1, 0.15) is 44.3 Å². The summed E-state index contributed by atoms with van der Waals surface area (Å²) in [7, 11) is 3.23. The Balaban J connectivity index is 2.25. The molecule has 0 amide bonds. The average Bonchev–Trinajstić information content (AvgIpc) is 2.56. The van der Waals surface area contributed by atoms with Crippen molar-refractivity contribution < 1.29 is 9.47 Å². The van der Waals surface area contributed by atoms with Gasteiger partial charge in [0, 0.05) is 5.25 Å². The average molecular weight is 311 g/mol. The highest BCUT2D eigenvalue weighted by molar-refractivity contribution is 8.00. The van der Waals surface area contributed by atoms with Gasteiger partial charge in [-0.2, -0.15) is 16.7 Å². The van der Waals surface area contributed by atoms with Gasteiger partial charge in [-0.05, 0) is 31.6 Å². The van der Waals surface area contributed by atoms with E-state index in [0.29, 0.717) is 17.0 Å². The minimum atomic E-state index is 0.184. The first-order chi connectivity index (χ1) is 10.3. The Kier molecular flexibility index (Phi) is 6.57. The molecule has 2 rings (SSSR count). The summed E-state index contributed by atoms with van der Waals surface area (Å²) in [5, 5.41) is 4.15. The van der Waals surface area contributed by atoms with Crippen LogP contribution in [-0.2, 0) is 0 Å². The Labute approximate surface area is 131 Å².